The third-order valence-electron chi connectivity index (χ3n) is 3.06. The van der Waals surface area contributed by atoms with Gasteiger partial charge in [0.25, 0.3) is 5.91 Å². The average molecular weight is 399 g/mol. The van der Waals surface area contributed by atoms with Gasteiger partial charge >= 0.3 is 0 Å². The lowest BCUT2D eigenvalue weighted by molar-refractivity contribution is 0.102. The SMILES string of the molecule is O=C(Nc1cnn(Cc2ccc(F)cc2Cl)c1)c1[nH]ncc1Br. The van der Waals surface area contributed by atoms with Crippen LogP contribution in [0.2, 0.25) is 5.02 Å². The summed E-state index contributed by atoms with van der Waals surface area (Å²) in [6.45, 7) is 0.364. The first kappa shape index (κ1) is 15.7. The van der Waals surface area contributed by atoms with Gasteiger partial charge in [0.2, 0.25) is 0 Å². The zero-order valence-corrected chi connectivity index (χ0v) is 13.9. The summed E-state index contributed by atoms with van der Waals surface area (Å²) in [5.41, 5.74) is 1.57. The second-order valence-corrected chi connectivity index (χ2v) is 5.97. The average Bonchev–Trinajstić information content (AvgIpc) is 3.11. The van der Waals surface area contributed by atoms with Crippen LogP contribution in [-0.2, 0) is 6.54 Å². The van der Waals surface area contributed by atoms with Gasteiger partial charge in [0, 0.05) is 11.2 Å². The minimum absolute atomic E-state index is 0.319. The van der Waals surface area contributed by atoms with E-state index in [0.717, 1.165) is 5.56 Å². The van der Waals surface area contributed by atoms with Gasteiger partial charge in [-0.15, -0.1) is 0 Å². The Bertz CT molecular complexity index is 862. The number of nitrogens with one attached hydrogen (secondary N) is 2. The second kappa shape index (κ2) is 6.51. The van der Waals surface area contributed by atoms with E-state index in [1.807, 2.05) is 0 Å². The number of carbonyl (C=O) groups is 1. The molecule has 6 nitrogen and oxygen atoms in total. The number of aromatic amines is 1. The van der Waals surface area contributed by atoms with Crippen molar-refractivity contribution in [1.29, 1.82) is 0 Å². The highest BCUT2D eigenvalue weighted by molar-refractivity contribution is 9.10. The van der Waals surface area contributed by atoms with Gasteiger partial charge in [-0.05, 0) is 33.6 Å². The number of hydrogen-bond donors (Lipinski definition) is 2. The summed E-state index contributed by atoms with van der Waals surface area (Å²) >= 11 is 9.21. The van der Waals surface area contributed by atoms with E-state index in [4.69, 9.17) is 11.6 Å². The Hall–Kier alpha value is -2.19. The molecule has 0 radical (unpaired) electrons. The molecule has 2 heterocycles. The summed E-state index contributed by atoms with van der Waals surface area (Å²) in [4.78, 5) is 12.0. The van der Waals surface area contributed by atoms with E-state index < -0.39 is 5.82 Å². The van der Waals surface area contributed by atoms with E-state index in [2.05, 4.69) is 36.5 Å². The van der Waals surface area contributed by atoms with Crippen LogP contribution in [-0.4, -0.2) is 25.9 Å². The maximum atomic E-state index is 13.0. The predicted octanol–water partition coefficient (Wildman–Crippen LogP) is 3.46. The molecule has 0 aliphatic carbocycles. The first-order valence-corrected chi connectivity index (χ1v) is 7.66. The van der Waals surface area contributed by atoms with E-state index in [1.54, 1.807) is 16.9 Å². The van der Waals surface area contributed by atoms with Crippen LogP contribution in [0.1, 0.15) is 16.1 Å². The van der Waals surface area contributed by atoms with Gasteiger partial charge < -0.3 is 5.32 Å². The molecule has 1 amide bonds. The molecule has 0 saturated carbocycles. The van der Waals surface area contributed by atoms with Crippen molar-refractivity contribution in [2.24, 2.45) is 0 Å². The smallest absolute Gasteiger partial charge is 0.274 e. The van der Waals surface area contributed by atoms with Gasteiger partial charge in [0.05, 0.1) is 29.1 Å². The third-order valence-corrected chi connectivity index (χ3v) is 4.01. The predicted molar refractivity (Wildman–Crippen MR) is 87.0 cm³/mol. The van der Waals surface area contributed by atoms with Gasteiger partial charge in [-0.3, -0.25) is 14.6 Å². The lowest BCUT2D eigenvalue weighted by Gasteiger charge is -2.04. The molecule has 2 aromatic heterocycles. The Morgan fingerprint density at radius 3 is 2.96 bits per heavy atom. The number of amides is 1. The van der Waals surface area contributed by atoms with Crippen molar-refractivity contribution >= 4 is 39.1 Å². The number of aromatic nitrogens is 4. The Kier molecular flexibility index (Phi) is 4.44. The molecular formula is C14H10BrClFN5O. The van der Waals surface area contributed by atoms with Crippen LogP contribution in [0.25, 0.3) is 0 Å². The minimum atomic E-state index is -0.391. The molecule has 1 aromatic carbocycles. The molecule has 0 atom stereocenters. The summed E-state index contributed by atoms with van der Waals surface area (Å²) < 4.78 is 15.2. The minimum Gasteiger partial charge on any atom is -0.318 e. The highest BCUT2D eigenvalue weighted by atomic mass is 79.9. The molecule has 0 spiro atoms. The van der Waals surface area contributed by atoms with Gasteiger partial charge in [0.15, 0.2) is 0 Å². The van der Waals surface area contributed by atoms with Crippen LogP contribution in [0.3, 0.4) is 0 Å². The molecule has 0 unspecified atom stereocenters. The molecule has 3 aromatic rings. The van der Waals surface area contributed by atoms with E-state index in [9.17, 15) is 9.18 Å². The molecule has 3 rings (SSSR count). The zero-order chi connectivity index (χ0) is 16.4. The van der Waals surface area contributed by atoms with Gasteiger partial charge in [-0.2, -0.15) is 10.2 Å². The molecule has 23 heavy (non-hydrogen) atoms. The van der Waals surface area contributed by atoms with Crippen LogP contribution in [0.4, 0.5) is 10.1 Å². The number of rotatable bonds is 4. The second-order valence-electron chi connectivity index (χ2n) is 4.71. The number of H-pyrrole nitrogens is 1. The van der Waals surface area contributed by atoms with Gasteiger partial charge in [-0.1, -0.05) is 17.7 Å². The van der Waals surface area contributed by atoms with Crippen LogP contribution in [0.15, 0.2) is 41.3 Å². The molecule has 9 heteroatoms. The molecule has 0 saturated heterocycles. The number of nitrogens with zero attached hydrogens (tertiary/aromatic N) is 3. The molecule has 118 valence electrons. The van der Waals surface area contributed by atoms with Crippen molar-refractivity contribution in [2.75, 3.05) is 5.32 Å². The Morgan fingerprint density at radius 2 is 2.26 bits per heavy atom. The lowest BCUT2D eigenvalue weighted by Crippen LogP contribution is -2.12. The van der Waals surface area contributed by atoms with Crippen LogP contribution in [0, 0.1) is 5.82 Å². The largest absolute Gasteiger partial charge is 0.318 e. The van der Waals surface area contributed by atoms with E-state index in [0.29, 0.717) is 27.4 Å². The highest BCUT2D eigenvalue weighted by Gasteiger charge is 2.13. The molecule has 2 N–H and O–H groups in total. The van der Waals surface area contributed by atoms with Crippen LogP contribution in [0.5, 0.6) is 0 Å². The normalized spacial score (nSPS) is 10.7. The Balaban J connectivity index is 1.71. The van der Waals surface area contributed by atoms with Crippen molar-refractivity contribution < 1.29 is 9.18 Å². The van der Waals surface area contributed by atoms with Crippen molar-refractivity contribution in [1.82, 2.24) is 20.0 Å². The van der Waals surface area contributed by atoms with Crippen molar-refractivity contribution in [2.45, 2.75) is 6.54 Å². The van der Waals surface area contributed by atoms with Crippen molar-refractivity contribution in [3.8, 4) is 0 Å². The zero-order valence-electron chi connectivity index (χ0n) is 11.6. The first-order chi connectivity index (χ1) is 11.0. The molecule has 0 aliphatic rings. The molecule has 0 aliphatic heterocycles. The fraction of sp³-hybridized carbons (Fsp3) is 0.0714. The third kappa shape index (κ3) is 3.59. The van der Waals surface area contributed by atoms with Crippen molar-refractivity contribution in [3.05, 3.63) is 63.4 Å². The summed E-state index contributed by atoms with van der Waals surface area (Å²) in [5, 5.41) is 13.5. The van der Waals surface area contributed by atoms with E-state index in [-0.39, 0.29) is 5.91 Å². The van der Waals surface area contributed by atoms with Crippen LogP contribution >= 0.6 is 27.5 Å². The molecule has 0 bridgehead atoms. The monoisotopic (exact) mass is 397 g/mol. The van der Waals surface area contributed by atoms with Gasteiger partial charge in [0.1, 0.15) is 11.5 Å². The van der Waals surface area contributed by atoms with Crippen molar-refractivity contribution in [3.63, 3.8) is 0 Å². The highest BCUT2D eigenvalue weighted by Crippen LogP contribution is 2.19. The standard InChI is InChI=1S/C14H10BrClFN5O/c15-11-5-18-21-13(11)14(23)20-10-4-19-22(7-10)6-8-1-2-9(17)3-12(8)16/h1-5,7H,6H2,(H,18,21)(H,20,23). The maximum Gasteiger partial charge on any atom is 0.274 e. The summed E-state index contributed by atoms with van der Waals surface area (Å²) in [5.74, 6) is -0.731. The maximum absolute atomic E-state index is 13.0. The topological polar surface area (TPSA) is 75.6 Å². The van der Waals surface area contributed by atoms with E-state index in [1.165, 1.54) is 24.5 Å². The number of halogens is 3. The fourth-order valence-corrected chi connectivity index (χ4v) is 2.56. The van der Waals surface area contributed by atoms with Crippen LogP contribution < -0.4 is 5.32 Å². The number of anilines is 1. The number of hydrogen-bond acceptors (Lipinski definition) is 3. The Labute approximate surface area is 143 Å². The van der Waals surface area contributed by atoms with E-state index >= 15 is 0 Å². The summed E-state index contributed by atoms with van der Waals surface area (Å²) in [6.07, 6.45) is 4.66. The summed E-state index contributed by atoms with van der Waals surface area (Å²) in [7, 11) is 0. The van der Waals surface area contributed by atoms with Gasteiger partial charge in [-0.25, -0.2) is 4.39 Å². The number of carbonyl (C=O) groups excluding carboxylic acids is 1. The molecular weight excluding hydrogens is 389 g/mol. The summed E-state index contributed by atoms with van der Waals surface area (Å²) in [6, 6.07) is 4.18. The number of benzene rings is 1. The fourth-order valence-electron chi connectivity index (χ4n) is 1.96. The quantitative estimate of drug-likeness (QED) is 0.707. The Morgan fingerprint density at radius 1 is 1.43 bits per heavy atom. The lowest BCUT2D eigenvalue weighted by atomic mass is 10.2. The molecule has 0 fully saturated rings. The first-order valence-electron chi connectivity index (χ1n) is 6.49.